The summed E-state index contributed by atoms with van der Waals surface area (Å²) >= 11 is 3.37. The standard InChI is InChI=1S/C10H10BrNO/c1-12-6-9(12)10(13)7-4-2-3-5-8(7)11/h2-5,9H,6H2,1H3. The smallest absolute Gasteiger partial charge is 0.182 e. The Kier molecular flexibility index (Phi) is 2.22. The third-order valence-corrected chi connectivity index (χ3v) is 2.99. The van der Waals surface area contributed by atoms with E-state index in [0.29, 0.717) is 0 Å². The third-order valence-electron chi connectivity index (χ3n) is 2.30. The zero-order valence-corrected chi connectivity index (χ0v) is 8.91. The van der Waals surface area contributed by atoms with Crippen molar-refractivity contribution in [2.24, 2.45) is 0 Å². The van der Waals surface area contributed by atoms with Gasteiger partial charge in [0.25, 0.3) is 0 Å². The Balaban J connectivity index is 2.25. The Bertz CT molecular complexity index is 351. The van der Waals surface area contributed by atoms with Gasteiger partial charge in [0.05, 0.1) is 6.04 Å². The van der Waals surface area contributed by atoms with E-state index < -0.39 is 0 Å². The SMILES string of the molecule is CN1CC1C(=O)c1ccccc1Br. The second-order valence-electron chi connectivity index (χ2n) is 3.30. The largest absolute Gasteiger partial charge is 0.293 e. The van der Waals surface area contributed by atoms with Crippen LogP contribution in [0.25, 0.3) is 0 Å². The van der Waals surface area contributed by atoms with Gasteiger partial charge in [0.15, 0.2) is 5.78 Å². The topological polar surface area (TPSA) is 20.1 Å². The van der Waals surface area contributed by atoms with E-state index >= 15 is 0 Å². The van der Waals surface area contributed by atoms with Crippen LogP contribution in [0.15, 0.2) is 28.7 Å². The molecule has 1 aliphatic rings. The van der Waals surface area contributed by atoms with Gasteiger partial charge in [-0.15, -0.1) is 0 Å². The van der Waals surface area contributed by atoms with Gasteiger partial charge in [-0.3, -0.25) is 9.69 Å². The van der Waals surface area contributed by atoms with E-state index in [0.717, 1.165) is 16.6 Å². The molecule has 1 fully saturated rings. The van der Waals surface area contributed by atoms with Crippen LogP contribution in [0.1, 0.15) is 10.4 Å². The molecule has 2 rings (SSSR count). The summed E-state index contributed by atoms with van der Waals surface area (Å²) in [5.74, 6) is 0.218. The summed E-state index contributed by atoms with van der Waals surface area (Å²) in [5.41, 5.74) is 0.789. The maximum atomic E-state index is 11.8. The van der Waals surface area contributed by atoms with Crippen LogP contribution in [0.5, 0.6) is 0 Å². The van der Waals surface area contributed by atoms with Crippen molar-refractivity contribution in [3.8, 4) is 0 Å². The zero-order chi connectivity index (χ0) is 9.42. The van der Waals surface area contributed by atoms with E-state index in [1.165, 1.54) is 0 Å². The average molecular weight is 240 g/mol. The van der Waals surface area contributed by atoms with E-state index in [2.05, 4.69) is 15.9 Å². The first kappa shape index (κ1) is 8.91. The van der Waals surface area contributed by atoms with Crippen molar-refractivity contribution in [1.29, 1.82) is 0 Å². The Labute approximate surface area is 85.7 Å². The lowest BCUT2D eigenvalue weighted by molar-refractivity contribution is 0.0977. The molecule has 1 saturated heterocycles. The van der Waals surface area contributed by atoms with Gasteiger partial charge in [-0.05, 0) is 13.1 Å². The molecule has 2 nitrogen and oxygen atoms in total. The molecule has 3 heteroatoms. The molecule has 2 unspecified atom stereocenters. The molecular formula is C10H10BrNO. The minimum atomic E-state index is 0.110. The molecule has 0 saturated carbocycles. The maximum absolute atomic E-state index is 11.8. The molecule has 2 atom stereocenters. The van der Waals surface area contributed by atoms with E-state index in [1.807, 2.05) is 36.2 Å². The van der Waals surface area contributed by atoms with Crippen LogP contribution >= 0.6 is 15.9 Å². The molecule has 0 aromatic heterocycles. The summed E-state index contributed by atoms with van der Waals surface area (Å²) in [5, 5.41) is 0. The van der Waals surface area contributed by atoms with Crippen molar-refractivity contribution in [2.75, 3.05) is 13.6 Å². The van der Waals surface area contributed by atoms with Gasteiger partial charge in [0.2, 0.25) is 0 Å². The van der Waals surface area contributed by atoms with Crippen molar-refractivity contribution in [2.45, 2.75) is 6.04 Å². The summed E-state index contributed by atoms with van der Waals surface area (Å²) in [6.07, 6.45) is 0. The molecule has 68 valence electrons. The van der Waals surface area contributed by atoms with Gasteiger partial charge >= 0.3 is 0 Å². The molecule has 1 aromatic rings. The van der Waals surface area contributed by atoms with Crippen molar-refractivity contribution in [1.82, 2.24) is 4.90 Å². The number of ketones is 1. The van der Waals surface area contributed by atoms with Gasteiger partial charge < -0.3 is 0 Å². The predicted molar refractivity (Wildman–Crippen MR) is 54.9 cm³/mol. The Morgan fingerprint density at radius 1 is 1.54 bits per heavy atom. The zero-order valence-electron chi connectivity index (χ0n) is 7.33. The number of carbonyl (C=O) groups is 1. The summed E-state index contributed by atoms with van der Waals surface area (Å²) in [7, 11) is 1.96. The van der Waals surface area contributed by atoms with Crippen LogP contribution in [0.4, 0.5) is 0 Å². The van der Waals surface area contributed by atoms with Gasteiger partial charge in [0.1, 0.15) is 0 Å². The monoisotopic (exact) mass is 239 g/mol. The fraction of sp³-hybridized carbons (Fsp3) is 0.300. The minimum absolute atomic E-state index is 0.110. The van der Waals surface area contributed by atoms with Crippen LogP contribution in [0.3, 0.4) is 0 Å². The number of Topliss-reactive ketones (excluding diaryl/α,β-unsaturated/α-hetero) is 1. The van der Waals surface area contributed by atoms with Crippen LogP contribution < -0.4 is 0 Å². The van der Waals surface area contributed by atoms with Crippen LogP contribution in [-0.2, 0) is 0 Å². The highest BCUT2D eigenvalue weighted by Gasteiger charge is 2.37. The first-order valence-corrected chi connectivity index (χ1v) is 4.98. The second kappa shape index (κ2) is 3.24. The molecule has 13 heavy (non-hydrogen) atoms. The predicted octanol–water partition coefficient (Wildman–Crippen LogP) is 1.95. The molecule has 0 N–H and O–H groups in total. The van der Waals surface area contributed by atoms with Crippen LogP contribution in [0.2, 0.25) is 0 Å². The van der Waals surface area contributed by atoms with Crippen molar-refractivity contribution in [3.63, 3.8) is 0 Å². The first-order valence-electron chi connectivity index (χ1n) is 4.19. The second-order valence-corrected chi connectivity index (χ2v) is 4.15. The van der Waals surface area contributed by atoms with Crippen molar-refractivity contribution >= 4 is 21.7 Å². The number of likely N-dealkylation sites (N-methyl/N-ethyl adjacent to an activating group) is 1. The molecule has 0 spiro atoms. The summed E-state index contributed by atoms with van der Waals surface area (Å²) in [6, 6.07) is 7.67. The highest BCUT2D eigenvalue weighted by atomic mass is 79.9. The Morgan fingerprint density at radius 3 is 2.69 bits per heavy atom. The summed E-state index contributed by atoms with van der Waals surface area (Å²) in [6.45, 7) is 0.889. The lowest BCUT2D eigenvalue weighted by Gasteiger charge is -2.01. The normalized spacial score (nSPS) is 25.7. The molecule has 1 aliphatic heterocycles. The van der Waals surface area contributed by atoms with Gasteiger partial charge in [-0.25, -0.2) is 0 Å². The van der Waals surface area contributed by atoms with E-state index in [-0.39, 0.29) is 11.8 Å². The van der Waals surface area contributed by atoms with Crippen molar-refractivity contribution in [3.05, 3.63) is 34.3 Å². The van der Waals surface area contributed by atoms with Crippen molar-refractivity contribution < 1.29 is 4.79 Å². The number of nitrogens with zero attached hydrogens (tertiary/aromatic N) is 1. The van der Waals surface area contributed by atoms with Crippen LogP contribution in [-0.4, -0.2) is 30.3 Å². The number of rotatable bonds is 2. The fourth-order valence-corrected chi connectivity index (χ4v) is 1.83. The molecule has 0 aliphatic carbocycles. The number of hydrogen-bond acceptors (Lipinski definition) is 2. The highest BCUT2D eigenvalue weighted by Crippen LogP contribution is 2.24. The maximum Gasteiger partial charge on any atom is 0.182 e. The molecule has 0 radical (unpaired) electrons. The van der Waals surface area contributed by atoms with Gasteiger partial charge in [0, 0.05) is 16.6 Å². The summed E-state index contributed by atoms with van der Waals surface area (Å²) < 4.78 is 0.889. The lowest BCUT2D eigenvalue weighted by atomic mass is 10.1. The van der Waals surface area contributed by atoms with E-state index in [9.17, 15) is 4.79 Å². The number of carbonyl (C=O) groups excluding carboxylic acids is 1. The molecule has 0 bridgehead atoms. The lowest BCUT2D eigenvalue weighted by Crippen LogP contribution is -2.11. The van der Waals surface area contributed by atoms with Crippen LogP contribution in [0, 0.1) is 0 Å². The number of hydrogen-bond donors (Lipinski definition) is 0. The number of halogens is 1. The average Bonchev–Trinajstić information content (AvgIpc) is 2.82. The minimum Gasteiger partial charge on any atom is -0.293 e. The third kappa shape index (κ3) is 1.67. The fourth-order valence-electron chi connectivity index (χ4n) is 1.35. The Hall–Kier alpha value is -0.670. The Morgan fingerprint density at radius 2 is 2.15 bits per heavy atom. The molecular weight excluding hydrogens is 230 g/mol. The van der Waals surface area contributed by atoms with E-state index in [4.69, 9.17) is 0 Å². The quantitative estimate of drug-likeness (QED) is 0.581. The molecule has 1 aromatic carbocycles. The van der Waals surface area contributed by atoms with Gasteiger partial charge in [-0.2, -0.15) is 0 Å². The number of benzene rings is 1. The molecule has 1 heterocycles. The highest BCUT2D eigenvalue weighted by molar-refractivity contribution is 9.10. The molecule has 0 amide bonds. The first-order chi connectivity index (χ1) is 6.20. The van der Waals surface area contributed by atoms with E-state index in [1.54, 1.807) is 0 Å². The summed E-state index contributed by atoms with van der Waals surface area (Å²) in [4.78, 5) is 13.8. The van der Waals surface area contributed by atoms with Gasteiger partial charge in [-0.1, -0.05) is 34.1 Å².